The number of anilines is 1. The van der Waals surface area contributed by atoms with E-state index in [2.05, 4.69) is 55.3 Å². The average molecular weight is 536 g/mol. The average Bonchev–Trinajstić information content (AvgIpc) is 3.30. The fourth-order valence-corrected chi connectivity index (χ4v) is 9.77. The Bertz CT molecular complexity index is 1250. The standard InChI is InChI=1S/C29H37N3O5Si/c1-20(2)27(34)30-25-16-17-32(28(35)31-25)26-18-23(24(19-33)36-26)37-38(29(3,4)5,21-12-8-6-9-13-21)22-14-10-7-11-15-22/h6-17,20,23-24,26,33H,18-19H2,1-5H3,(H,30,31,34,35)/t23-,24+,26+/m0/s1. The zero-order valence-corrected chi connectivity index (χ0v) is 23.6. The lowest BCUT2D eigenvalue weighted by Gasteiger charge is -2.45. The number of carbonyl (C=O) groups excluding carboxylic acids is 1. The number of aliphatic hydroxyl groups is 1. The summed E-state index contributed by atoms with van der Waals surface area (Å²) in [6.07, 6.45) is 0.201. The van der Waals surface area contributed by atoms with Gasteiger partial charge in [-0.3, -0.25) is 9.36 Å². The second kappa shape index (κ2) is 11.3. The third kappa shape index (κ3) is 5.51. The van der Waals surface area contributed by atoms with Gasteiger partial charge in [0.05, 0.1) is 12.7 Å². The van der Waals surface area contributed by atoms with E-state index in [1.165, 1.54) is 4.57 Å². The minimum atomic E-state index is -2.90. The number of aromatic nitrogens is 2. The van der Waals surface area contributed by atoms with Crippen molar-refractivity contribution in [1.29, 1.82) is 0 Å². The SMILES string of the molecule is CC(C)C(=O)Nc1ccn([C@H]2C[C@H](O[Si](c3ccccc3)(c3ccccc3)C(C)(C)C)[C@@H](CO)O2)c(=O)n1. The van der Waals surface area contributed by atoms with E-state index in [1.807, 2.05) is 36.4 Å². The summed E-state index contributed by atoms with van der Waals surface area (Å²) in [5.41, 5.74) is -0.542. The number of rotatable bonds is 8. The van der Waals surface area contributed by atoms with Crippen molar-refractivity contribution in [3.8, 4) is 0 Å². The van der Waals surface area contributed by atoms with Crippen molar-refractivity contribution in [1.82, 2.24) is 9.55 Å². The van der Waals surface area contributed by atoms with Gasteiger partial charge in [-0.05, 0) is 21.5 Å². The molecule has 202 valence electrons. The van der Waals surface area contributed by atoms with E-state index in [9.17, 15) is 14.7 Å². The molecule has 1 aliphatic heterocycles. The van der Waals surface area contributed by atoms with Gasteiger partial charge in [-0.1, -0.05) is 95.3 Å². The lowest BCUT2D eigenvalue weighted by molar-refractivity contribution is -0.118. The molecule has 0 saturated carbocycles. The minimum Gasteiger partial charge on any atom is -0.402 e. The van der Waals surface area contributed by atoms with E-state index < -0.39 is 32.4 Å². The highest BCUT2D eigenvalue weighted by Gasteiger charge is 2.53. The molecule has 1 aliphatic rings. The molecule has 3 atom stereocenters. The summed E-state index contributed by atoms with van der Waals surface area (Å²) < 4.78 is 14.7. The molecule has 0 radical (unpaired) electrons. The predicted octanol–water partition coefficient (Wildman–Crippen LogP) is 3.06. The predicted molar refractivity (Wildman–Crippen MR) is 150 cm³/mol. The number of hydrogen-bond donors (Lipinski definition) is 2. The highest BCUT2D eigenvalue weighted by molar-refractivity contribution is 6.99. The van der Waals surface area contributed by atoms with Crippen LogP contribution in [0, 0.1) is 5.92 Å². The van der Waals surface area contributed by atoms with Crippen LogP contribution < -0.4 is 21.4 Å². The second-order valence-corrected chi connectivity index (χ2v) is 15.3. The first kappa shape index (κ1) is 27.9. The number of nitrogens with zero attached hydrogens (tertiary/aromatic N) is 2. The van der Waals surface area contributed by atoms with Crippen LogP contribution in [0.15, 0.2) is 77.7 Å². The van der Waals surface area contributed by atoms with E-state index in [-0.39, 0.29) is 29.3 Å². The Kier molecular flexibility index (Phi) is 8.32. The Morgan fingerprint density at radius 1 is 1.11 bits per heavy atom. The molecular weight excluding hydrogens is 498 g/mol. The molecule has 38 heavy (non-hydrogen) atoms. The van der Waals surface area contributed by atoms with Crippen molar-refractivity contribution in [2.45, 2.75) is 64.5 Å². The fourth-order valence-electron chi connectivity index (χ4n) is 5.05. The third-order valence-electron chi connectivity index (χ3n) is 7.02. The quantitative estimate of drug-likeness (QED) is 0.430. The maximum atomic E-state index is 12.9. The van der Waals surface area contributed by atoms with Gasteiger partial charge in [-0.15, -0.1) is 0 Å². The van der Waals surface area contributed by atoms with Crippen LogP contribution in [0.25, 0.3) is 0 Å². The molecule has 8 nitrogen and oxygen atoms in total. The summed E-state index contributed by atoms with van der Waals surface area (Å²) in [5.74, 6) is -0.255. The molecule has 2 heterocycles. The highest BCUT2D eigenvalue weighted by atomic mass is 28.4. The normalized spacial score (nSPS) is 20.0. The Morgan fingerprint density at radius 3 is 2.16 bits per heavy atom. The van der Waals surface area contributed by atoms with Crippen molar-refractivity contribution < 1.29 is 19.1 Å². The van der Waals surface area contributed by atoms with Crippen LogP contribution >= 0.6 is 0 Å². The first-order valence-corrected chi connectivity index (χ1v) is 14.9. The monoisotopic (exact) mass is 535 g/mol. The number of hydrogen-bond acceptors (Lipinski definition) is 6. The first-order valence-electron chi connectivity index (χ1n) is 13.0. The molecule has 0 aliphatic carbocycles. The van der Waals surface area contributed by atoms with Gasteiger partial charge in [0.15, 0.2) is 0 Å². The van der Waals surface area contributed by atoms with Gasteiger partial charge in [0.1, 0.15) is 18.1 Å². The van der Waals surface area contributed by atoms with E-state index in [0.29, 0.717) is 6.42 Å². The maximum Gasteiger partial charge on any atom is 0.351 e. The Morgan fingerprint density at radius 2 is 1.68 bits per heavy atom. The summed E-state index contributed by atoms with van der Waals surface area (Å²) in [5, 5.41) is 14.9. The third-order valence-corrected chi connectivity index (χ3v) is 12.1. The van der Waals surface area contributed by atoms with Crippen LogP contribution in [-0.4, -0.2) is 47.7 Å². The smallest absolute Gasteiger partial charge is 0.351 e. The van der Waals surface area contributed by atoms with Crippen LogP contribution in [0.3, 0.4) is 0 Å². The number of carbonyl (C=O) groups is 1. The van der Waals surface area contributed by atoms with Gasteiger partial charge in [0, 0.05) is 18.5 Å². The molecule has 2 aromatic carbocycles. The fraction of sp³-hybridized carbons (Fsp3) is 0.414. The molecule has 0 spiro atoms. The van der Waals surface area contributed by atoms with E-state index in [1.54, 1.807) is 26.1 Å². The summed E-state index contributed by atoms with van der Waals surface area (Å²) in [7, 11) is -2.90. The summed E-state index contributed by atoms with van der Waals surface area (Å²) in [6.45, 7) is 9.87. The number of amides is 1. The van der Waals surface area contributed by atoms with Crippen LogP contribution in [0.5, 0.6) is 0 Å². The molecule has 4 rings (SSSR count). The molecule has 9 heteroatoms. The van der Waals surface area contributed by atoms with Crippen LogP contribution in [-0.2, 0) is 14.0 Å². The van der Waals surface area contributed by atoms with Crippen LogP contribution in [0.2, 0.25) is 5.04 Å². The van der Waals surface area contributed by atoms with E-state index in [0.717, 1.165) is 10.4 Å². The largest absolute Gasteiger partial charge is 0.402 e. The molecule has 0 bridgehead atoms. The lowest BCUT2D eigenvalue weighted by Crippen LogP contribution is -2.68. The van der Waals surface area contributed by atoms with E-state index in [4.69, 9.17) is 9.16 Å². The van der Waals surface area contributed by atoms with Crippen molar-refractivity contribution >= 4 is 30.4 Å². The topological polar surface area (TPSA) is 103 Å². The summed E-state index contributed by atoms with van der Waals surface area (Å²) in [4.78, 5) is 28.9. The second-order valence-electron chi connectivity index (χ2n) is 11.0. The molecular formula is C29H37N3O5Si. The molecule has 1 amide bonds. The van der Waals surface area contributed by atoms with E-state index >= 15 is 0 Å². The molecule has 0 unspecified atom stereocenters. The van der Waals surface area contributed by atoms with Gasteiger partial charge < -0.3 is 19.6 Å². The highest BCUT2D eigenvalue weighted by Crippen LogP contribution is 2.41. The molecule has 1 aromatic heterocycles. The van der Waals surface area contributed by atoms with Gasteiger partial charge in [0.2, 0.25) is 5.91 Å². The molecule has 1 fully saturated rings. The number of nitrogens with one attached hydrogen (secondary N) is 1. The molecule has 1 saturated heterocycles. The summed E-state index contributed by atoms with van der Waals surface area (Å²) in [6, 6.07) is 22.1. The van der Waals surface area contributed by atoms with Gasteiger partial charge in [-0.2, -0.15) is 4.98 Å². The summed E-state index contributed by atoms with van der Waals surface area (Å²) >= 11 is 0. The Labute approximate surface area is 224 Å². The Balaban J connectivity index is 1.69. The zero-order valence-electron chi connectivity index (χ0n) is 22.6. The van der Waals surface area contributed by atoms with Crippen molar-refractivity contribution in [3.05, 3.63) is 83.4 Å². The number of ether oxygens (including phenoxy) is 1. The number of benzene rings is 2. The van der Waals surface area contributed by atoms with Crippen molar-refractivity contribution in [2.24, 2.45) is 5.92 Å². The number of aliphatic hydroxyl groups excluding tert-OH is 1. The van der Waals surface area contributed by atoms with Gasteiger partial charge in [0.25, 0.3) is 8.32 Å². The maximum absolute atomic E-state index is 12.9. The molecule has 2 N–H and O–H groups in total. The Hall–Kier alpha value is -3.11. The van der Waals surface area contributed by atoms with Gasteiger partial charge >= 0.3 is 5.69 Å². The lowest BCUT2D eigenvalue weighted by atomic mass is 10.2. The van der Waals surface area contributed by atoms with Crippen molar-refractivity contribution in [2.75, 3.05) is 11.9 Å². The minimum absolute atomic E-state index is 0.196. The van der Waals surface area contributed by atoms with Crippen molar-refractivity contribution in [3.63, 3.8) is 0 Å². The van der Waals surface area contributed by atoms with Crippen LogP contribution in [0.4, 0.5) is 5.82 Å². The van der Waals surface area contributed by atoms with Gasteiger partial charge in [-0.25, -0.2) is 4.79 Å². The zero-order chi connectivity index (χ0) is 27.5. The first-order chi connectivity index (χ1) is 18.1. The van der Waals surface area contributed by atoms with Crippen LogP contribution in [0.1, 0.15) is 47.3 Å². The molecule has 3 aromatic rings.